The van der Waals surface area contributed by atoms with Crippen molar-refractivity contribution < 1.29 is 0 Å². The van der Waals surface area contributed by atoms with E-state index in [2.05, 4.69) is 48.1 Å². The Morgan fingerprint density at radius 1 is 1.47 bits per heavy atom. The summed E-state index contributed by atoms with van der Waals surface area (Å²) in [5.74, 6) is 0.895. The Kier molecular flexibility index (Phi) is 4.21. The molecule has 1 saturated carbocycles. The van der Waals surface area contributed by atoms with Gasteiger partial charge in [-0.05, 0) is 45.1 Å². The third-order valence-electron chi connectivity index (χ3n) is 4.17. The zero-order chi connectivity index (χ0) is 12.3. The molecule has 96 valence electrons. The number of nitrogens with zero attached hydrogens (tertiary/aromatic N) is 2. The van der Waals surface area contributed by atoms with Crippen molar-refractivity contribution in [2.75, 3.05) is 0 Å². The molecule has 17 heavy (non-hydrogen) atoms. The molecule has 1 aliphatic rings. The van der Waals surface area contributed by atoms with Gasteiger partial charge in [0.1, 0.15) is 0 Å². The van der Waals surface area contributed by atoms with Crippen molar-refractivity contribution >= 4 is 0 Å². The minimum Gasteiger partial charge on any atom is -0.308 e. The first-order valence-electron chi connectivity index (χ1n) is 6.98. The Balaban J connectivity index is 1.80. The topological polar surface area (TPSA) is 29.9 Å². The van der Waals surface area contributed by atoms with E-state index in [0.29, 0.717) is 12.1 Å². The van der Waals surface area contributed by atoms with Gasteiger partial charge in [0.2, 0.25) is 0 Å². The molecule has 0 aliphatic heterocycles. The molecule has 3 nitrogen and oxygen atoms in total. The Labute approximate surface area is 105 Å². The number of hydrogen-bond acceptors (Lipinski definition) is 2. The van der Waals surface area contributed by atoms with Crippen LogP contribution in [0.2, 0.25) is 0 Å². The summed E-state index contributed by atoms with van der Waals surface area (Å²) in [6.45, 7) is 7.61. The molecular formula is C14H25N3. The summed E-state index contributed by atoms with van der Waals surface area (Å²) in [6, 6.07) is 3.28. The van der Waals surface area contributed by atoms with Crippen molar-refractivity contribution in [3.05, 3.63) is 18.0 Å². The quantitative estimate of drug-likeness (QED) is 0.821. The molecule has 1 aromatic heterocycles. The van der Waals surface area contributed by atoms with Gasteiger partial charge in [-0.1, -0.05) is 13.3 Å². The Morgan fingerprint density at radius 3 is 2.82 bits per heavy atom. The highest BCUT2D eigenvalue weighted by atomic mass is 15.3. The van der Waals surface area contributed by atoms with Gasteiger partial charge in [-0.3, -0.25) is 4.68 Å². The highest BCUT2D eigenvalue weighted by molar-refractivity contribution is 4.99. The molecule has 1 aliphatic carbocycles. The van der Waals surface area contributed by atoms with Crippen molar-refractivity contribution in [3.8, 4) is 0 Å². The van der Waals surface area contributed by atoms with E-state index in [4.69, 9.17) is 0 Å². The Hall–Kier alpha value is -0.830. The average Bonchev–Trinajstić information content (AvgIpc) is 2.71. The van der Waals surface area contributed by atoms with Crippen LogP contribution in [-0.4, -0.2) is 15.8 Å². The molecular weight excluding hydrogens is 210 g/mol. The highest BCUT2D eigenvalue weighted by Crippen LogP contribution is 2.29. The van der Waals surface area contributed by atoms with E-state index in [1.54, 1.807) is 0 Å². The van der Waals surface area contributed by atoms with E-state index in [9.17, 15) is 0 Å². The molecule has 2 unspecified atom stereocenters. The fraction of sp³-hybridized carbons (Fsp3) is 0.786. The van der Waals surface area contributed by atoms with Crippen LogP contribution in [0.15, 0.2) is 12.3 Å². The molecule has 0 saturated heterocycles. The first-order chi connectivity index (χ1) is 8.20. The van der Waals surface area contributed by atoms with Gasteiger partial charge in [0.25, 0.3) is 0 Å². The van der Waals surface area contributed by atoms with Crippen LogP contribution in [0.4, 0.5) is 0 Å². The molecule has 1 fully saturated rings. The number of nitrogens with one attached hydrogen (secondary N) is 1. The molecule has 1 heterocycles. The molecule has 0 amide bonds. The summed E-state index contributed by atoms with van der Waals surface area (Å²) < 4.78 is 2.07. The SMILES string of the molecule is CCC(C)n1ccc(CNC(C)C2CCC2)n1. The van der Waals surface area contributed by atoms with Gasteiger partial charge >= 0.3 is 0 Å². The van der Waals surface area contributed by atoms with Crippen LogP contribution in [0.3, 0.4) is 0 Å². The molecule has 1 aromatic rings. The number of rotatable bonds is 6. The second-order valence-corrected chi connectivity index (χ2v) is 5.40. The van der Waals surface area contributed by atoms with Crippen molar-refractivity contribution in [2.45, 2.75) is 65.1 Å². The second-order valence-electron chi connectivity index (χ2n) is 5.40. The lowest BCUT2D eigenvalue weighted by molar-refractivity contribution is 0.239. The van der Waals surface area contributed by atoms with Gasteiger partial charge in [0.05, 0.1) is 5.69 Å². The maximum Gasteiger partial charge on any atom is 0.0762 e. The minimum absolute atomic E-state index is 0.507. The fourth-order valence-corrected chi connectivity index (χ4v) is 2.28. The normalized spacial score (nSPS) is 19.9. The lowest BCUT2D eigenvalue weighted by atomic mass is 9.80. The molecule has 0 radical (unpaired) electrons. The van der Waals surface area contributed by atoms with Gasteiger partial charge in [0.15, 0.2) is 0 Å². The van der Waals surface area contributed by atoms with Crippen LogP contribution in [0, 0.1) is 5.92 Å². The second kappa shape index (κ2) is 5.67. The van der Waals surface area contributed by atoms with Crippen LogP contribution >= 0.6 is 0 Å². The largest absolute Gasteiger partial charge is 0.308 e. The first kappa shape index (κ1) is 12.6. The van der Waals surface area contributed by atoms with Crippen LogP contribution in [0.1, 0.15) is 58.2 Å². The highest BCUT2D eigenvalue weighted by Gasteiger charge is 2.23. The molecule has 1 N–H and O–H groups in total. The summed E-state index contributed by atoms with van der Waals surface area (Å²) in [6.07, 6.45) is 7.44. The van der Waals surface area contributed by atoms with Crippen molar-refractivity contribution in [1.29, 1.82) is 0 Å². The Morgan fingerprint density at radius 2 is 2.24 bits per heavy atom. The smallest absolute Gasteiger partial charge is 0.0762 e. The van der Waals surface area contributed by atoms with E-state index in [1.807, 2.05) is 0 Å². The summed E-state index contributed by atoms with van der Waals surface area (Å²) in [7, 11) is 0. The van der Waals surface area contributed by atoms with Gasteiger partial charge in [-0.2, -0.15) is 5.10 Å². The number of hydrogen-bond donors (Lipinski definition) is 1. The van der Waals surface area contributed by atoms with Crippen molar-refractivity contribution in [1.82, 2.24) is 15.1 Å². The maximum atomic E-state index is 4.61. The summed E-state index contributed by atoms with van der Waals surface area (Å²) in [5.41, 5.74) is 1.16. The summed E-state index contributed by atoms with van der Waals surface area (Å²) >= 11 is 0. The van der Waals surface area contributed by atoms with Crippen LogP contribution < -0.4 is 5.32 Å². The minimum atomic E-state index is 0.507. The van der Waals surface area contributed by atoms with Crippen molar-refractivity contribution in [2.24, 2.45) is 5.92 Å². The molecule has 2 atom stereocenters. The molecule has 0 bridgehead atoms. The summed E-state index contributed by atoms with van der Waals surface area (Å²) in [4.78, 5) is 0. The fourth-order valence-electron chi connectivity index (χ4n) is 2.28. The summed E-state index contributed by atoms with van der Waals surface area (Å²) in [5, 5.41) is 8.21. The lowest BCUT2D eigenvalue weighted by Gasteiger charge is -2.31. The van der Waals surface area contributed by atoms with E-state index in [0.717, 1.165) is 24.6 Å². The third kappa shape index (κ3) is 3.09. The zero-order valence-electron chi connectivity index (χ0n) is 11.3. The monoisotopic (exact) mass is 235 g/mol. The standard InChI is InChI=1S/C14H25N3/c1-4-11(2)17-9-8-14(16-17)10-15-12(3)13-6-5-7-13/h8-9,11-13,15H,4-7,10H2,1-3H3. The van der Waals surface area contributed by atoms with Gasteiger partial charge in [0, 0.05) is 24.8 Å². The average molecular weight is 235 g/mol. The van der Waals surface area contributed by atoms with E-state index < -0.39 is 0 Å². The predicted octanol–water partition coefficient (Wildman–Crippen LogP) is 3.13. The van der Waals surface area contributed by atoms with Crippen LogP contribution in [-0.2, 0) is 6.54 Å². The third-order valence-corrected chi connectivity index (χ3v) is 4.17. The van der Waals surface area contributed by atoms with E-state index in [1.165, 1.54) is 19.3 Å². The zero-order valence-corrected chi connectivity index (χ0v) is 11.3. The van der Waals surface area contributed by atoms with Gasteiger partial charge in [-0.15, -0.1) is 0 Å². The molecule has 3 heteroatoms. The van der Waals surface area contributed by atoms with Gasteiger partial charge < -0.3 is 5.32 Å². The number of aromatic nitrogens is 2. The maximum absolute atomic E-state index is 4.61. The predicted molar refractivity (Wildman–Crippen MR) is 70.9 cm³/mol. The van der Waals surface area contributed by atoms with Crippen molar-refractivity contribution in [3.63, 3.8) is 0 Å². The van der Waals surface area contributed by atoms with Gasteiger partial charge in [-0.25, -0.2) is 0 Å². The van der Waals surface area contributed by atoms with E-state index >= 15 is 0 Å². The van der Waals surface area contributed by atoms with E-state index in [-0.39, 0.29) is 0 Å². The Bertz CT molecular complexity index is 341. The molecule has 2 rings (SSSR count). The lowest BCUT2D eigenvalue weighted by Crippen LogP contribution is -2.36. The van der Waals surface area contributed by atoms with Crippen LogP contribution in [0.25, 0.3) is 0 Å². The first-order valence-corrected chi connectivity index (χ1v) is 6.98. The van der Waals surface area contributed by atoms with Crippen LogP contribution in [0.5, 0.6) is 0 Å². The molecule has 0 aromatic carbocycles. The molecule has 0 spiro atoms.